The topological polar surface area (TPSA) is 48.5 Å². The van der Waals surface area contributed by atoms with Crippen molar-refractivity contribution in [2.45, 2.75) is 0 Å². The Kier molecular flexibility index (Phi) is 6.42. The van der Waals surface area contributed by atoms with Gasteiger partial charge in [0.05, 0.1) is 39.1 Å². The number of fused-ring (bicyclic) bond motifs is 6. The summed E-state index contributed by atoms with van der Waals surface area (Å²) in [5, 5.41) is 4.90. The Morgan fingerprint density at radius 3 is 1.50 bits per heavy atom. The maximum atomic E-state index is 5.03. The lowest BCUT2D eigenvalue weighted by atomic mass is 10.1. The van der Waals surface area contributed by atoms with Crippen LogP contribution in [0, 0.1) is 0 Å². The number of rotatable bonds is 5. The van der Waals surface area contributed by atoms with Gasteiger partial charge in [-0.3, -0.25) is 4.98 Å². The molecule has 234 valence electrons. The first-order valence-corrected chi connectivity index (χ1v) is 16.8. The first-order valence-electron chi connectivity index (χ1n) is 16.8. The maximum absolute atomic E-state index is 5.03. The molecule has 0 saturated carbocycles. The molecule has 0 bridgehead atoms. The van der Waals surface area contributed by atoms with Crippen LogP contribution in [0.4, 0.5) is 0 Å². The fourth-order valence-electron chi connectivity index (χ4n) is 7.30. The SMILES string of the molecule is c1ccc(-c2cc(-c3ccccn3)nc(-c3ccc(-n4c5ccccc5c5cc6c(cc54)c4ccccc4n6-c4ccccc4)cc3)n2)cc1. The molecule has 0 atom stereocenters. The van der Waals surface area contributed by atoms with E-state index in [-0.39, 0.29) is 0 Å². The molecule has 50 heavy (non-hydrogen) atoms. The second-order valence-corrected chi connectivity index (χ2v) is 12.5. The standard InChI is InChI=1S/C45H29N5/c1-3-13-30(14-4-1)39-29-40(38-19-11-12-26-46-38)48-45(47-39)31-22-24-33(25-23-31)50-42-21-10-8-18-35(42)37-27-43-36(28-44(37)50)34-17-7-9-20-41(34)49(43)32-15-5-2-6-16-32/h1-29H. The van der Waals surface area contributed by atoms with Crippen molar-refractivity contribution in [3.63, 3.8) is 0 Å². The van der Waals surface area contributed by atoms with Crippen LogP contribution in [0.2, 0.25) is 0 Å². The van der Waals surface area contributed by atoms with Gasteiger partial charge in [0.2, 0.25) is 0 Å². The normalized spacial score (nSPS) is 11.6. The molecule has 5 nitrogen and oxygen atoms in total. The number of pyridine rings is 1. The summed E-state index contributed by atoms with van der Waals surface area (Å²) < 4.78 is 4.76. The van der Waals surface area contributed by atoms with E-state index in [4.69, 9.17) is 9.97 Å². The van der Waals surface area contributed by atoms with Crippen LogP contribution in [0.1, 0.15) is 0 Å². The lowest BCUT2D eigenvalue weighted by Gasteiger charge is -2.11. The van der Waals surface area contributed by atoms with Crippen molar-refractivity contribution in [3.05, 3.63) is 176 Å². The largest absolute Gasteiger partial charge is 0.309 e. The Balaban J connectivity index is 1.16. The molecule has 10 aromatic rings. The summed E-state index contributed by atoms with van der Waals surface area (Å²) in [6, 6.07) is 59.5. The minimum absolute atomic E-state index is 0.663. The van der Waals surface area contributed by atoms with E-state index < -0.39 is 0 Å². The van der Waals surface area contributed by atoms with Crippen molar-refractivity contribution in [2.24, 2.45) is 0 Å². The fourth-order valence-corrected chi connectivity index (χ4v) is 7.30. The van der Waals surface area contributed by atoms with Crippen LogP contribution in [-0.4, -0.2) is 24.1 Å². The van der Waals surface area contributed by atoms with Gasteiger partial charge in [0.25, 0.3) is 0 Å². The third-order valence-electron chi connectivity index (χ3n) is 9.59. The van der Waals surface area contributed by atoms with Crippen LogP contribution in [0.3, 0.4) is 0 Å². The number of hydrogen-bond donors (Lipinski definition) is 0. The second kappa shape index (κ2) is 11.4. The quantitative estimate of drug-likeness (QED) is 0.188. The Morgan fingerprint density at radius 2 is 0.880 bits per heavy atom. The average Bonchev–Trinajstić information content (AvgIpc) is 3.70. The Hall–Kier alpha value is -6.85. The molecule has 10 rings (SSSR count). The Bertz CT molecular complexity index is 2780. The lowest BCUT2D eigenvalue weighted by molar-refractivity contribution is 1.15. The highest BCUT2D eigenvalue weighted by molar-refractivity contribution is 6.19. The van der Waals surface area contributed by atoms with Gasteiger partial charge in [-0.15, -0.1) is 0 Å². The Morgan fingerprint density at radius 1 is 0.340 bits per heavy atom. The molecule has 0 aliphatic rings. The second-order valence-electron chi connectivity index (χ2n) is 12.5. The van der Waals surface area contributed by atoms with Gasteiger partial charge in [-0.25, -0.2) is 9.97 Å². The number of aromatic nitrogens is 5. The van der Waals surface area contributed by atoms with Crippen LogP contribution < -0.4 is 0 Å². The summed E-state index contributed by atoms with van der Waals surface area (Å²) in [6.07, 6.45) is 1.80. The molecule has 0 unspecified atom stereocenters. The molecule has 5 heteroatoms. The molecule has 4 aromatic heterocycles. The minimum atomic E-state index is 0.663. The highest BCUT2D eigenvalue weighted by Crippen LogP contribution is 2.39. The highest BCUT2D eigenvalue weighted by Gasteiger charge is 2.19. The number of nitrogens with zero attached hydrogens (tertiary/aromatic N) is 5. The number of hydrogen-bond acceptors (Lipinski definition) is 3. The van der Waals surface area contributed by atoms with E-state index >= 15 is 0 Å². The molecule has 0 aliphatic heterocycles. The van der Waals surface area contributed by atoms with Gasteiger partial charge in [-0.1, -0.05) is 91.0 Å². The summed E-state index contributed by atoms with van der Waals surface area (Å²) >= 11 is 0. The van der Waals surface area contributed by atoms with E-state index in [1.807, 2.05) is 42.5 Å². The van der Waals surface area contributed by atoms with E-state index in [9.17, 15) is 0 Å². The van der Waals surface area contributed by atoms with Gasteiger partial charge in [0, 0.05) is 50.2 Å². The Labute approximate surface area is 288 Å². The molecular weight excluding hydrogens is 611 g/mol. The van der Waals surface area contributed by atoms with E-state index in [1.165, 1.54) is 43.6 Å². The first-order chi connectivity index (χ1) is 24.8. The summed E-state index contributed by atoms with van der Waals surface area (Å²) in [4.78, 5) is 14.6. The number of para-hydroxylation sites is 3. The fraction of sp³-hybridized carbons (Fsp3) is 0. The van der Waals surface area contributed by atoms with E-state index in [2.05, 4.69) is 142 Å². The molecule has 0 aliphatic carbocycles. The summed E-state index contributed by atoms with van der Waals surface area (Å²) in [5.41, 5.74) is 11.4. The molecule has 0 radical (unpaired) electrons. The monoisotopic (exact) mass is 639 g/mol. The molecule has 6 aromatic carbocycles. The van der Waals surface area contributed by atoms with Gasteiger partial charge in [-0.2, -0.15) is 0 Å². The third-order valence-corrected chi connectivity index (χ3v) is 9.59. The zero-order valence-corrected chi connectivity index (χ0v) is 27.0. The van der Waals surface area contributed by atoms with Crippen LogP contribution in [0.5, 0.6) is 0 Å². The van der Waals surface area contributed by atoms with E-state index in [1.54, 1.807) is 6.20 Å². The average molecular weight is 640 g/mol. The zero-order chi connectivity index (χ0) is 33.0. The van der Waals surface area contributed by atoms with E-state index in [0.717, 1.165) is 39.6 Å². The van der Waals surface area contributed by atoms with Crippen molar-refractivity contribution in [3.8, 4) is 45.4 Å². The molecule has 4 heterocycles. The van der Waals surface area contributed by atoms with Gasteiger partial charge in [0.15, 0.2) is 5.82 Å². The van der Waals surface area contributed by atoms with Gasteiger partial charge >= 0.3 is 0 Å². The van der Waals surface area contributed by atoms with Crippen LogP contribution in [0.25, 0.3) is 89.0 Å². The number of benzene rings is 6. The molecule has 0 spiro atoms. The molecule has 0 N–H and O–H groups in total. The predicted molar refractivity (Wildman–Crippen MR) is 205 cm³/mol. The van der Waals surface area contributed by atoms with Gasteiger partial charge in [0.1, 0.15) is 0 Å². The van der Waals surface area contributed by atoms with Crippen molar-refractivity contribution in [1.29, 1.82) is 0 Å². The third kappa shape index (κ3) is 4.52. The minimum Gasteiger partial charge on any atom is -0.309 e. The maximum Gasteiger partial charge on any atom is 0.160 e. The summed E-state index contributed by atoms with van der Waals surface area (Å²) in [5.74, 6) is 0.663. The summed E-state index contributed by atoms with van der Waals surface area (Å²) in [7, 11) is 0. The van der Waals surface area contributed by atoms with Crippen molar-refractivity contribution >= 4 is 43.6 Å². The lowest BCUT2D eigenvalue weighted by Crippen LogP contribution is -1.98. The molecule has 0 saturated heterocycles. The highest BCUT2D eigenvalue weighted by atomic mass is 15.0. The van der Waals surface area contributed by atoms with Gasteiger partial charge in [-0.05, 0) is 78.9 Å². The predicted octanol–water partition coefficient (Wildman–Crippen LogP) is 11.1. The summed E-state index contributed by atoms with van der Waals surface area (Å²) in [6.45, 7) is 0. The van der Waals surface area contributed by atoms with Crippen LogP contribution >= 0.6 is 0 Å². The first kappa shape index (κ1) is 28.2. The van der Waals surface area contributed by atoms with Gasteiger partial charge < -0.3 is 9.13 Å². The van der Waals surface area contributed by atoms with Crippen LogP contribution in [0.15, 0.2) is 176 Å². The molecule has 0 fully saturated rings. The molecular formula is C45H29N5. The zero-order valence-electron chi connectivity index (χ0n) is 27.0. The van der Waals surface area contributed by atoms with Crippen molar-refractivity contribution < 1.29 is 0 Å². The van der Waals surface area contributed by atoms with E-state index in [0.29, 0.717) is 5.82 Å². The van der Waals surface area contributed by atoms with Crippen LogP contribution in [-0.2, 0) is 0 Å². The smallest absolute Gasteiger partial charge is 0.160 e. The van der Waals surface area contributed by atoms with Crippen molar-refractivity contribution in [1.82, 2.24) is 24.1 Å². The van der Waals surface area contributed by atoms with Crippen molar-refractivity contribution in [2.75, 3.05) is 0 Å². The molecule has 0 amide bonds.